The molecule has 0 N–H and O–H groups in total. The Morgan fingerprint density at radius 1 is 0.571 bits per heavy atom. The van der Waals surface area contributed by atoms with E-state index in [4.69, 9.17) is 0 Å². The van der Waals surface area contributed by atoms with Crippen LogP contribution in [0, 0.1) is 10.8 Å². The zero-order valence-corrected chi connectivity index (χ0v) is 43.4. The predicted octanol–water partition coefficient (Wildman–Crippen LogP) is 7.77. The monoisotopic (exact) mass is 982 g/mol. The molecule has 0 atom stereocenters. The molecule has 0 aromatic heterocycles. The van der Waals surface area contributed by atoms with Gasteiger partial charge in [0.1, 0.15) is 0 Å². The summed E-state index contributed by atoms with van der Waals surface area (Å²) in [6.45, 7) is 15.4. The van der Waals surface area contributed by atoms with E-state index in [9.17, 15) is 13.2 Å². The molecule has 0 saturated heterocycles. The van der Waals surface area contributed by atoms with Crippen molar-refractivity contribution < 1.29 is 61.3 Å². The van der Waals surface area contributed by atoms with Crippen LogP contribution in [0.1, 0.15) is 135 Å². The van der Waals surface area contributed by atoms with Gasteiger partial charge in [-0.1, -0.05) is 164 Å². The Morgan fingerprint density at radius 3 is 1.24 bits per heavy atom. The Balaban J connectivity index is 0.000000226. The summed E-state index contributed by atoms with van der Waals surface area (Å²) in [4.78, 5) is 0. The summed E-state index contributed by atoms with van der Waals surface area (Å²) in [5.41, 5.74) is 10.5. The van der Waals surface area contributed by atoms with Crippen molar-refractivity contribution in [2.24, 2.45) is 10.8 Å². The molecule has 0 radical (unpaired) electrons. The summed E-state index contributed by atoms with van der Waals surface area (Å²) in [5.74, 6) is 1.54. The van der Waals surface area contributed by atoms with Crippen molar-refractivity contribution in [2.45, 2.75) is 143 Å². The maximum atomic E-state index is 11.4. The van der Waals surface area contributed by atoms with Crippen LogP contribution in [0.25, 0.3) is 46.6 Å². The topological polar surface area (TPSA) is 0 Å². The first kappa shape index (κ1) is 52.9. The molecule has 4 aliphatic rings. The molecule has 0 spiro atoms. The molecule has 4 aliphatic carbocycles. The summed E-state index contributed by atoms with van der Waals surface area (Å²) in [7, 11) is 0. The number of hydrogen-bond acceptors (Lipinski definition) is 0. The first-order valence-electron chi connectivity index (χ1n) is 22.7. The van der Waals surface area contributed by atoms with Gasteiger partial charge in [-0.05, 0) is 70.6 Å². The third-order valence-electron chi connectivity index (χ3n) is 11.9. The van der Waals surface area contributed by atoms with E-state index in [1.165, 1.54) is 153 Å². The van der Waals surface area contributed by atoms with Crippen LogP contribution in [0.4, 0.5) is 13.2 Å². The smallest absolute Gasteiger partial charge is 1.00 e. The van der Waals surface area contributed by atoms with Crippen LogP contribution in [0.15, 0.2) is 108 Å². The van der Waals surface area contributed by atoms with Gasteiger partial charge in [0, 0.05) is 0 Å². The van der Waals surface area contributed by atoms with Crippen molar-refractivity contribution in [3.05, 3.63) is 140 Å². The van der Waals surface area contributed by atoms with Gasteiger partial charge in [-0.25, -0.2) is 0 Å². The SMILES string of the molecule is CC(C)(C)C=C1[C-]=c2cccc(-c3ccc(C4CCCCC4)cc3)c2=C1.CC(C)(C)C=C1[C-]=c2cccc(-c3ccc(C4CCCCC4)cc3)c2=C1.C[Si](=[Zr+2])CCC(F)(F)F.[Cl-].[Cl-]. The quantitative estimate of drug-likeness (QED) is 0.137. The van der Waals surface area contributed by atoms with E-state index in [1.54, 1.807) is 0 Å². The zero-order chi connectivity index (χ0) is 43.8. The van der Waals surface area contributed by atoms with Crippen LogP contribution in [-0.2, 0) is 23.3 Å². The van der Waals surface area contributed by atoms with Gasteiger partial charge in [0.05, 0.1) is 0 Å². The molecule has 63 heavy (non-hydrogen) atoms. The molecular formula is C56H65Cl2F3SiZr-2. The number of allylic oxidation sites excluding steroid dienone is 4. The minimum Gasteiger partial charge on any atom is -1.00 e. The Bertz CT molecular complexity index is 2290. The molecule has 0 unspecified atom stereocenters. The van der Waals surface area contributed by atoms with Crippen LogP contribution < -0.4 is 45.7 Å². The van der Waals surface area contributed by atoms with E-state index < -0.39 is 18.0 Å². The van der Waals surface area contributed by atoms with Gasteiger partial charge in [0.2, 0.25) is 0 Å². The molecule has 2 fully saturated rings. The van der Waals surface area contributed by atoms with Gasteiger partial charge < -0.3 is 24.8 Å². The number of fused-ring (bicyclic) bond motifs is 2. The molecule has 334 valence electrons. The summed E-state index contributed by atoms with van der Waals surface area (Å²) < 4.78 is 34.3. The fourth-order valence-electron chi connectivity index (χ4n) is 9.02. The molecule has 0 aliphatic heterocycles. The third kappa shape index (κ3) is 16.3. The van der Waals surface area contributed by atoms with Crippen LogP contribution >= 0.6 is 0 Å². The van der Waals surface area contributed by atoms with Crippen molar-refractivity contribution in [1.29, 1.82) is 0 Å². The minimum absolute atomic E-state index is 0. The Labute approximate surface area is 404 Å². The maximum absolute atomic E-state index is 11.4. The van der Waals surface area contributed by atoms with E-state index in [0.29, 0.717) is 6.04 Å². The average Bonchev–Trinajstić information content (AvgIpc) is 3.82. The van der Waals surface area contributed by atoms with Gasteiger partial charge in [0.25, 0.3) is 0 Å². The van der Waals surface area contributed by atoms with Gasteiger partial charge in [-0.3, -0.25) is 0 Å². The number of hydrogen-bond donors (Lipinski definition) is 0. The van der Waals surface area contributed by atoms with Crippen LogP contribution in [0.3, 0.4) is 0 Å². The van der Waals surface area contributed by atoms with Gasteiger partial charge in [0.15, 0.2) is 0 Å². The van der Waals surface area contributed by atoms with Crippen molar-refractivity contribution in [2.75, 3.05) is 0 Å². The Morgan fingerprint density at radius 2 is 0.937 bits per heavy atom. The molecule has 2 saturated carbocycles. The number of rotatable bonds is 6. The van der Waals surface area contributed by atoms with E-state index in [2.05, 4.69) is 163 Å². The molecule has 0 bridgehead atoms. The molecule has 7 heteroatoms. The van der Waals surface area contributed by atoms with Crippen molar-refractivity contribution in [3.63, 3.8) is 0 Å². The van der Waals surface area contributed by atoms with E-state index in [0.717, 1.165) is 11.8 Å². The maximum Gasteiger partial charge on any atom is -1.00 e. The van der Waals surface area contributed by atoms with Crippen molar-refractivity contribution >= 4 is 29.7 Å². The number of halogens is 5. The first-order valence-corrected chi connectivity index (χ1v) is 28.6. The van der Waals surface area contributed by atoms with Gasteiger partial charge >= 0.3 is 67.1 Å². The summed E-state index contributed by atoms with van der Waals surface area (Å²) in [6.07, 6.45) is 25.7. The fraction of sp³-hybridized carbons (Fsp3) is 0.429. The molecule has 8 rings (SSSR count). The second-order valence-electron chi connectivity index (χ2n) is 19.8. The second kappa shape index (κ2) is 23.7. The minimum atomic E-state index is -3.93. The van der Waals surface area contributed by atoms with Gasteiger partial charge in [-0.2, -0.15) is 0 Å². The standard InChI is InChI=1S/2C26H29.C4H7F3Si.2ClH.Zr/c2*1-26(2,3)18-19-16-23-10-7-11-24(25(23)17-19)22-14-12-21(13-15-22)20-8-5-4-6-9-20;1-8-3-2-4(5,6)7;;;/h2*7,10-15,17-18,20H,4-6,8-9H2,1-3H3;2-3H2,1H3;2*1H;/q2*-1;;;;+2/p-2. The molecule has 0 amide bonds. The average molecular weight is 985 g/mol. The van der Waals surface area contributed by atoms with E-state index in [-0.39, 0.29) is 35.6 Å². The second-order valence-corrected chi connectivity index (χ2v) is 28.2. The molecule has 0 nitrogen and oxygen atoms in total. The largest absolute Gasteiger partial charge is 1.00 e. The zero-order valence-electron chi connectivity index (χ0n) is 38.4. The Kier molecular flexibility index (Phi) is 19.9. The Hall–Kier alpha value is -2.69. The van der Waals surface area contributed by atoms with E-state index in [1.807, 2.05) is 6.55 Å². The van der Waals surface area contributed by atoms with Crippen molar-refractivity contribution in [3.8, 4) is 22.3 Å². The van der Waals surface area contributed by atoms with Gasteiger partial charge in [-0.15, -0.1) is 80.6 Å². The summed E-state index contributed by atoms with van der Waals surface area (Å²) >= 11 is 1.29. The third-order valence-corrected chi connectivity index (χ3v) is 14.8. The molecule has 4 aromatic rings. The summed E-state index contributed by atoms with van der Waals surface area (Å²) in [5, 5.41) is 5.06. The summed E-state index contributed by atoms with van der Waals surface area (Å²) in [6, 6.07) is 32.2. The normalized spacial score (nSPS) is 17.5. The first-order chi connectivity index (χ1) is 28.9. The predicted molar refractivity (Wildman–Crippen MR) is 252 cm³/mol. The van der Waals surface area contributed by atoms with Crippen LogP contribution in [-0.4, -0.2) is 11.6 Å². The molecule has 4 aromatic carbocycles. The van der Waals surface area contributed by atoms with Crippen LogP contribution in [0.5, 0.6) is 0 Å². The van der Waals surface area contributed by atoms with E-state index >= 15 is 0 Å². The number of benzene rings is 4. The van der Waals surface area contributed by atoms with Crippen LogP contribution in [0.2, 0.25) is 12.6 Å². The van der Waals surface area contributed by atoms with Crippen molar-refractivity contribution in [1.82, 2.24) is 0 Å². The molecule has 0 heterocycles. The molecular weight excluding hydrogens is 920 g/mol. The fourth-order valence-corrected chi connectivity index (χ4v) is 10.6. The number of alkyl halides is 3.